The average Bonchev–Trinajstić information content (AvgIpc) is 3.18. The van der Waals surface area contributed by atoms with E-state index in [0.717, 1.165) is 35.3 Å². The molecule has 140 valence electrons. The summed E-state index contributed by atoms with van der Waals surface area (Å²) in [7, 11) is -2.13. The van der Waals surface area contributed by atoms with E-state index < -0.39 is 10.0 Å². The Balaban J connectivity index is 1.51. The third kappa shape index (κ3) is 4.50. The van der Waals surface area contributed by atoms with Gasteiger partial charge in [0.25, 0.3) is 10.0 Å². The van der Waals surface area contributed by atoms with E-state index in [0.29, 0.717) is 13.1 Å². The van der Waals surface area contributed by atoms with Crippen LogP contribution < -0.4 is 0 Å². The number of piperazine rings is 1. The Labute approximate surface area is 158 Å². The van der Waals surface area contributed by atoms with Gasteiger partial charge in [0.2, 0.25) is 5.91 Å². The topological polar surface area (TPSA) is 60.9 Å². The summed E-state index contributed by atoms with van der Waals surface area (Å²) in [6.07, 6.45) is 0. The van der Waals surface area contributed by atoms with E-state index in [2.05, 4.69) is 17.0 Å². The number of amides is 1. The Bertz CT molecular complexity index is 815. The van der Waals surface area contributed by atoms with Crippen molar-refractivity contribution in [2.24, 2.45) is 0 Å². The third-order valence-corrected chi connectivity index (χ3v) is 7.67. The molecule has 8 heteroatoms. The molecule has 0 unspecified atom stereocenters. The summed E-state index contributed by atoms with van der Waals surface area (Å²) < 4.78 is 26.2. The molecular weight excluding hydrogens is 370 g/mol. The van der Waals surface area contributed by atoms with Crippen molar-refractivity contribution < 1.29 is 13.2 Å². The first-order chi connectivity index (χ1) is 12.5. The van der Waals surface area contributed by atoms with Crippen LogP contribution >= 0.6 is 11.3 Å². The number of sulfonamides is 1. The molecule has 1 aromatic heterocycles. The van der Waals surface area contributed by atoms with Crippen molar-refractivity contribution in [3.05, 3.63) is 53.4 Å². The molecule has 0 N–H and O–H groups in total. The molecule has 26 heavy (non-hydrogen) atoms. The second-order valence-electron chi connectivity index (χ2n) is 6.34. The highest BCUT2D eigenvalue weighted by atomic mass is 32.2. The minimum Gasteiger partial charge on any atom is -0.339 e. The zero-order valence-corrected chi connectivity index (χ0v) is 16.4. The first-order valence-corrected chi connectivity index (χ1v) is 10.8. The number of carbonyl (C=O) groups excluding carboxylic acids is 1. The quantitative estimate of drug-likeness (QED) is 0.750. The smallest absolute Gasteiger partial charge is 0.252 e. The van der Waals surface area contributed by atoms with Crippen molar-refractivity contribution >= 4 is 27.3 Å². The van der Waals surface area contributed by atoms with Crippen LogP contribution in [0.1, 0.15) is 5.56 Å². The second kappa shape index (κ2) is 8.30. The monoisotopic (exact) mass is 393 g/mol. The SMILES string of the molecule is CN(CC(=O)N1CCN(Cc2ccccc2)CC1)S(=O)(=O)c1cccs1. The van der Waals surface area contributed by atoms with E-state index in [-0.39, 0.29) is 16.7 Å². The van der Waals surface area contributed by atoms with Crippen LogP contribution in [-0.2, 0) is 21.4 Å². The molecule has 0 aliphatic carbocycles. The highest BCUT2D eigenvalue weighted by Gasteiger charge is 2.27. The van der Waals surface area contributed by atoms with Crippen LogP contribution in [0.5, 0.6) is 0 Å². The van der Waals surface area contributed by atoms with E-state index in [1.54, 1.807) is 22.4 Å². The minimum atomic E-state index is -3.59. The predicted octanol–water partition coefficient (Wildman–Crippen LogP) is 1.71. The summed E-state index contributed by atoms with van der Waals surface area (Å²) in [6, 6.07) is 13.5. The van der Waals surface area contributed by atoms with Gasteiger partial charge in [-0.15, -0.1) is 11.3 Å². The van der Waals surface area contributed by atoms with E-state index in [4.69, 9.17) is 0 Å². The molecule has 0 atom stereocenters. The second-order valence-corrected chi connectivity index (χ2v) is 9.56. The van der Waals surface area contributed by atoms with E-state index in [1.807, 2.05) is 18.2 Å². The Hall–Kier alpha value is -1.74. The van der Waals surface area contributed by atoms with Crippen LogP contribution in [0.25, 0.3) is 0 Å². The molecule has 6 nitrogen and oxygen atoms in total. The first kappa shape index (κ1) is 19.0. The van der Waals surface area contributed by atoms with E-state index in [1.165, 1.54) is 12.6 Å². The molecule has 1 amide bonds. The molecule has 1 aliphatic heterocycles. The molecule has 0 spiro atoms. The number of nitrogens with zero attached hydrogens (tertiary/aromatic N) is 3. The number of likely N-dealkylation sites (N-methyl/N-ethyl adjacent to an activating group) is 1. The number of carbonyl (C=O) groups is 1. The predicted molar refractivity (Wildman–Crippen MR) is 102 cm³/mol. The van der Waals surface area contributed by atoms with E-state index in [9.17, 15) is 13.2 Å². The van der Waals surface area contributed by atoms with Gasteiger partial charge in [-0.1, -0.05) is 36.4 Å². The number of benzene rings is 1. The summed E-state index contributed by atoms with van der Waals surface area (Å²) in [5.74, 6) is -0.146. The fourth-order valence-corrected chi connectivity index (χ4v) is 5.26. The van der Waals surface area contributed by atoms with Crippen molar-refractivity contribution in [2.45, 2.75) is 10.8 Å². The highest BCUT2D eigenvalue weighted by molar-refractivity contribution is 7.91. The standard InChI is InChI=1S/C18H23N3O3S2/c1-19(26(23,24)18-8-5-13-25-18)15-17(22)21-11-9-20(10-12-21)14-16-6-3-2-4-7-16/h2-8,13H,9-12,14-15H2,1H3. The molecule has 0 bridgehead atoms. The number of hydrogen-bond acceptors (Lipinski definition) is 5. The van der Waals surface area contributed by atoms with Crippen LogP contribution in [-0.4, -0.2) is 68.2 Å². The van der Waals surface area contributed by atoms with Crippen LogP contribution in [0, 0.1) is 0 Å². The van der Waals surface area contributed by atoms with Gasteiger partial charge in [0.05, 0.1) is 6.54 Å². The van der Waals surface area contributed by atoms with Crippen LogP contribution in [0.2, 0.25) is 0 Å². The van der Waals surface area contributed by atoms with E-state index >= 15 is 0 Å². The molecule has 2 aromatic rings. The Morgan fingerprint density at radius 1 is 1.08 bits per heavy atom. The fraction of sp³-hybridized carbons (Fsp3) is 0.389. The van der Waals surface area contributed by atoms with Crippen LogP contribution in [0.3, 0.4) is 0 Å². The van der Waals surface area contributed by atoms with Gasteiger partial charge in [0, 0.05) is 39.8 Å². The van der Waals surface area contributed by atoms with Gasteiger partial charge in [-0.3, -0.25) is 9.69 Å². The summed E-state index contributed by atoms with van der Waals surface area (Å²) in [5, 5.41) is 1.72. The number of hydrogen-bond donors (Lipinski definition) is 0. The van der Waals surface area contributed by atoms with Gasteiger partial charge in [-0.25, -0.2) is 8.42 Å². The van der Waals surface area contributed by atoms with Gasteiger partial charge in [0.1, 0.15) is 4.21 Å². The van der Waals surface area contributed by atoms with Crippen molar-refractivity contribution in [2.75, 3.05) is 39.8 Å². The third-order valence-electron chi connectivity index (χ3n) is 4.49. The lowest BCUT2D eigenvalue weighted by Crippen LogP contribution is -2.51. The maximum atomic E-state index is 12.5. The molecule has 0 saturated carbocycles. The van der Waals surface area contributed by atoms with Crippen molar-refractivity contribution in [1.82, 2.24) is 14.1 Å². The zero-order valence-electron chi connectivity index (χ0n) is 14.7. The van der Waals surface area contributed by atoms with Gasteiger partial charge < -0.3 is 4.90 Å². The first-order valence-electron chi connectivity index (χ1n) is 8.51. The summed E-state index contributed by atoms with van der Waals surface area (Å²) in [6.45, 7) is 3.58. The fourth-order valence-electron chi connectivity index (χ4n) is 2.94. The molecule has 1 fully saturated rings. The molecule has 3 rings (SSSR count). The van der Waals surface area contributed by atoms with Gasteiger partial charge in [-0.2, -0.15) is 4.31 Å². The average molecular weight is 394 g/mol. The Kier molecular flexibility index (Phi) is 6.08. The van der Waals surface area contributed by atoms with Gasteiger partial charge >= 0.3 is 0 Å². The zero-order chi connectivity index (χ0) is 18.6. The molecule has 1 aliphatic rings. The summed E-state index contributed by atoms with van der Waals surface area (Å²) in [4.78, 5) is 16.6. The number of rotatable bonds is 6. The molecule has 2 heterocycles. The van der Waals surface area contributed by atoms with Crippen molar-refractivity contribution in [1.29, 1.82) is 0 Å². The Morgan fingerprint density at radius 2 is 1.77 bits per heavy atom. The molecule has 1 saturated heterocycles. The number of thiophene rings is 1. The van der Waals surface area contributed by atoms with Crippen molar-refractivity contribution in [3.63, 3.8) is 0 Å². The largest absolute Gasteiger partial charge is 0.339 e. The molecule has 0 radical (unpaired) electrons. The molecular formula is C18H23N3O3S2. The lowest BCUT2D eigenvalue weighted by molar-refractivity contribution is -0.133. The highest BCUT2D eigenvalue weighted by Crippen LogP contribution is 2.20. The Morgan fingerprint density at radius 3 is 2.38 bits per heavy atom. The summed E-state index contributed by atoms with van der Waals surface area (Å²) >= 11 is 1.16. The molecule has 1 aromatic carbocycles. The van der Waals surface area contributed by atoms with Crippen LogP contribution in [0.15, 0.2) is 52.1 Å². The van der Waals surface area contributed by atoms with Gasteiger partial charge in [0.15, 0.2) is 0 Å². The van der Waals surface area contributed by atoms with Crippen LogP contribution in [0.4, 0.5) is 0 Å². The van der Waals surface area contributed by atoms with Crippen molar-refractivity contribution in [3.8, 4) is 0 Å². The van der Waals surface area contributed by atoms with Gasteiger partial charge in [-0.05, 0) is 17.0 Å². The summed E-state index contributed by atoms with van der Waals surface area (Å²) in [5.41, 5.74) is 1.26. The lowest BCUT2D eigenvalue weighted by atomic mass is 10.2. The minimum absolute atomic E-state index is 0.126. The lowest BCUT2D eigenvalue weighted by Gasteiger charge is -2.35. The normalized spacial score (nSPS) is 16.2. The maximum Gasteiger partial charge on any atom is 0.252 e. The maximum absolute atomic E-state index is 12.5.